The van der Waals surface area contributed by atoms with Crippen LogP contribution in [-0.2, 0) is 9.37 Å². The third-order valence-corrected chi connectivity index (χ3v) is 3.05. The van der Waals surface area contributed by atoms with Crippen LogP contribution < -0.4 is 10.5 Å². The molecule has 0 fully saturated rings. The first-order valence-electron chi connectivity index (χ1n) is 5.83. The number of azo groups is 1. The van der Waals surface area contributed by atoms with Gasteiger partial charge in [0, 0.05) is 11.0 Å². The van der Waals surface area contributed by atoms with Crippen molar-refractivity contribution in [1.29, 1.82) is 0 Å². The molecule has 2 rings (SSSR count). The number of ether oxygens (including phenoxy) is 1. The van der Waals surface area contributed by atoms with Gasteiger partial charge in [-0.1, -0.05) is 11.1 Å². The highest BCUT2D eigenvalue weighted by Crippen LogP contribution is 2.29. The molecular formula is C13H13N3O4S. The minimum absolute atomic E-state index is 0.538. The molecule has 3 N–H and O–H groups in total. The maximum Gasteiger partial charge on any atom is 0.143 e. The number of nitrogen functional groups attached to an aromatic ring is 1. The van der Waals surface area contributed by atoms with Crippen molar-refractivity contribution in [2.45, 2.75) is 4.90 Å². The number of anilines is 1. The van der Waals surface area contributed by atoms with Gasteiger partial charge in [0.25, 0.3) is 0 Å². The summed E-state index contributed by atoms with van der Waals surface area (Å²) < 4.78 is 9.47. The second kappa shape index (κ2) is 7.60. The lowest BCUT2D eigenvalue weighted by molar-refractivity contribution is -0.432. The highest BCUT2D eigenvalue weighted by atomic mass is 32.2. The van der Waals surface area contributed by atoms with E-state index in [1.807, 2.05) is 0 Å². The molecule has 0 spiro atoms. The Morgan fingerprint density at radius 1 is 1.10 bits per heavy atom. The molecule has 0 heterocycles. The van der Waals surface area contributed by atoms with Crippen LogP contribution >= 0.6 is 12.0 Å². The lowest BCUT2D eigenvalue weighted by Crippen LogP contribution is -1.90. The van der Waals surface area contributed by atoms with Crippen LogP contribution in [0, 0.1) is 0 Å². The normalized spacial score (nSPS) is 11.0. The molecule has 8 heteroatoms. The number of methoxy groups -OCH3 is 1. The summed E-state index contributed by atoms with van der Waals surface area (Å²) in [7, 11) is 1.54. The summed E-state index contributed by atoms with van der Waals surface area (Å²) in [6.45, 7) is 0. The minimum Gasteiger partial charge on any atom is -0.495 e. The smallest absolute Gasteiger partial charge is 0.143 e. The lowest BCUT2D eigenvalue weighted by Gasteiger charge is -2.03. The predicted molar refractivity (Wildman–Crippen MR) is 78.7 cm³/mol. The maximum atomic E-state index is 8.11. The predicted octanol–water partition coefficient (Wildman–Crippen LogP) is 4.12. The third-order valence-electron chi connectivity index (χ3n) is 2.48. The molecule has 110 valence electrons. The van der Waals surface area contributed by atoms with Crippen molar-refractivity contribution in [2.75, 3.05) is 12.8 Å². The molecule has 0 aliphatic rings. The van der Waals surface area contributed by atoms with E-state index in [0.717, 1.165) is 12.0 Å². The Morgan fingerprint density at radius 2 is 1.86 bits per heavy atom. The lowest BCUT2D eigenvalue weighted by atomic mass is 10.2. The minimum atomic E-state index is 0.538. The van der Waals surface area contributed by atoms with Crippen LogP contribution in [0.5, 0.6) is 5.75 Å². The van der Waals surface area contributed by atoms with Gasteiger partial charge < -0.3 is 10.5 Å². The molecule has 0 unspecified atom stereocenters. The summed E-state index contributed by atoms with van der Waals surface area (Å²) in [5.41, 5.74) is 7.51. The van der Waals surface area contributed by atoms with Crippen molar-refractivity contribution in [2.24, 2.45) is 10.2 Å². The van der Waals surface area contributed by atoms with E-state index >= 15 is 0 Å². The summed E-state index contributed by atoms with van der Waals surface area (Å²) in [6.07, 6.45) is 0. The van der Waals surface area contributed by atoms with Gasteiger partial charge in [0.1, 0.15) is 5.75 Å². The Hall–Kier alpha value is -2.13. The van der Waals surface area contributed by atoms with Crippen LogP contribution in [0.3, 0.4) is 0 Å². The van der Waals surface area contributed by atoms with Gasteiger partial charge in [-0.3, -0.25) is 0 Å². The van der Waals surface area contributed by atoms with Gasteiger partial charge in [0.05, 0.1) is 36.2 Å². The molecule has 21 heavy (non-hydrogen) atoms. The van der Waals surface area contributed by atoms with Gasteiger partial charge in [-0.05, 0) is 30.3 Å². The van der Waals surface area contributed by atoms with Crippen molar-refractivity contribution < 1.29 is 19.4 Å². The molecular weight excluding hydrogens is 294 g/mol. The second-order valence-corrected chi connectivity index (χ2v) is 4.62. The third kappa shape index (κ3) is 4.43. The first-order chi connectivity index (χ1) is 10.2. The van der Waals surface area contributed by atoms with E-state index < -0.39 is 0 Å². The fourth-order valence-electron chi connectivity index (χ4n) is 1.53. The van der Waals surface area contributed by atoms with Gasteiger partial charge in [-0.25, -0.2) is 5.26 Å². The molecule has 0 aromatic heterocycles. The van der Waals surface area contributed by atoms with E-state index in [-0.39, 0.29) is 0 Å². The maximum absolute atomic E-state index is 8.11. The number of benzene rings is 2. The zero-order chi connectivity index (χ0) is 15.1. The standard InChI is InChI=1S/C13H13N3O4S/c1-18-13-8-10(5-6-12(13)14)16-15-9-3-2-4-11(7-9)21-20-19-17/h2-8,17H,14H2,1H3/b16-15+. The molecule has 0 saturated carbocycles. The largest absolute Gasteiger partial charge is 0.495 e. The second-order valence-electron chi connectivity index (χ2n) is 3.85. The molecule has 0 atom stereocenters. The molecule has 2 aromatic rings. The summed E-state index contributed by atoms with van der Waals surface area (Å²) in [5, 5.41) is 19.9. The summed E-state index contributed by atoms with van der Waals surface area (Å²) >= 11 is 0.854. The van der Waals surface area contributed by atoms with Crippen LogP contribution in [0.2, 0.25) is 0 Å². The van der Waals surface area contributed by atoms with Crippen LogP contribution in [0.25, 0.3) is 0 Å². The molecule has 0 bridgehead atoms. The van der Waals surface area contributed by atoms with E-state index in [1.54, 1.807) is 42.5 Å². The molecule has 0 radical (unpaired) electrons. The quantitative estimate of drug-likeness (QED) is 0.274. The van der Waals surface area contributed by atoms with Crippen LogP contribution in [0.4, 0.5) is 17.1 Å². The van der Waals surface area contributed by atoms with Crippen molar-refractivity contribution in [3.8, 4) is 5.75 Å². The number of nitrogens with zero attached hydrogens (tertiary/aromatic N) is 2. The summed E-state index contributed by atoms with van der Waals surface area (Å²) in [6, 6.07) is 12.2. The van der Waals surface area contributed by atoms with Crippen molar-refractivity contribution in [1.82, 2.24) is 0 Å². The topological polar surface area (TPSA) is 98.7 Å². The van der Waals surface area contributed by atoms with Crippen molar-refractivity contribution >= 4 is 29.1 Å². The molecule has 0 amide bonds. The van der Waals surface area contributed by atoms with Crippen molar-refractivity contribution in [3.63, 3.8) is 0 Å². The Labute approximate surface area is 125 Å². The van der Waals surface area contributed by atoms with E-state index in [9.17, 15) is 0 Å². The monoisotopic (exact) mass is 307 g/mol. The number of nitrogens with two attached hydrogens (primary N) is 1. The molecule has 0 aliphatic carbocycles. The van der Waals surface area contributed by atoms with Crippen molar-refractivity contribution in [3.05, 3.63) is 42.5 Å². The summed E-state index contributed by atoms with van der Waals surface area (Å²) in [4.78, 5) is 0.704. The van der Waals surface area contributed by atoms with Gasteiger partial charge in [-0.2, -0.15) is 10.2 Å². The summed E-state index contributed by atoms with van der Waals surface area (Å²) in [5.74, 6) is 0.546. The first kappa shape index (κ1) is 15.3. The van der Waals surface area contributed by atoms with Gasteiger partial charge in [0.15, 0.2) is 0 Å². The Kier molecular flexibility index (Phi) is 5.52. The highest BCUT2D eigenvalue weighted by Gasteiger charge is 2.01. The van der Waals surface area contributed by atoms with Crippen LogP contribution in [-0.4, -0.2) is 12.4 Å². The van der Waals surface area contributed by atoms with E-state index in [4.69, 9.17) is 15.7 Å². The fraction of sp³-hybridized carbons (Fsp3) is 0.0769. The molecule has 7 nitrogen and oxygen atoms in total. The zero-order valence-corrected chi connectivity index (χ0v) is 11.9. The number of rotatable bonds is 6. The number of hydrogen-bond acceptors (Lipinski definition) is 8. The van der Waals surface area contributed by atoms with E-state index in [0.29, 0.717) is 27.7 Å². The Bertz CT molecular complexity index is 637. The molecule has 0 saturated heterocycles. The average molecular weight is 307 g/mol. The van der Waals surface area contributed by atoms with Gasteiger partial charge in [0.2, 0.25) is 0 Å². The first-order valence-corrected chi connectivity index (χ1v) is 6.57. The Morgan fingerprint density at radius 3 is 2.57 bits per heavy atom. The van der Waals surface area contributed by atoms with Crippen LogP contribution in [0.1, 0.15) is 0 Å². The van der Waals surface area contributed by atoms with E-state index in [2.05, 4.69) is 19.6 Å². The fourth-order valence-corrected chi connectivity index (χ4v) is 1.94. The Balaban J connectivity index is 2.13. The van der Waals surface area contributed by atoms with Gasteiger partial charge >= 0.3 is 0 Å². The SMILES string of the molecule is COc1cc(/N=N/c2cccc(SOOO)c2)ccc1N. The van der Waals surface area contributed by atoms with E-state index in [1.165, 1.54) is 7.11 Å². The highest BCUT2D eigenvalue weighted by molar-refractivity contribution is 7.94. The zero-order valence-electron chi connectivity index (χ0n) is 11.1. The molecule has 2 aromatic carbocycles. The molecule has 0 aliphatic heterocycles. The average Bonchev–Trinajstić information content (AvgIpc) is 2.52. The van der Waals surface area contributed by atoms with Gasteiger partial charge in [-0.15, -0.1) is 4.33 Å². The van der Waals surface area contributed by atoms with Crippen LogP contribution in [0.15, 0.2) is 57.6 Å². The number of hydrogen-bond donors (Lipinski definition) is 2.